The maximum absolute atomic E-state index is 13.2. The van der Waals surface area contributed by atoms with Crippen molar-refractivity contribution in [2.75, 3.05) is 17.2 Å². The third-order valence-corrected chi connectivity index (χ3v) is 4.65. The number of alkyl halides is 3. The second-order valence-corrected chi connectivity index (χ2v) is 5.87. The molecule has 1 aromatic rings. The Morgan fingerprint density at radius 1 is 1.10 bits per heavy atom. The molecule has 1 saturated carbocycles. The average molecular weight is 284 g/mol. The van der Waals surface area contributed by atoms with Crippen LogP contribution >= 0.6 is 0 Å². The molecule has 1 aliphatic heterocycles. The highest BCUT2D eigenvalue weighted by atomic mass is 19.4. The van der Waals surface area contributed by atoms with E-state index in [1.807, 2.05) is 4.90 Å². The number of halogens is 3. The normalized spacial score (nSPS) is 26.6. The van der Waals surface area contributed by atoms with Gasteiger partial charge >= 0.3 is 6.18 Å². The lowest BCUT2D eigenvalue weighted by Gasteiger charge is -2.34. The lowest BCUT2D eigenvalue weighted by atomic mass is 9.85. The van der Waals surface area contributed by atoms with Crippen LogP contribution in [0.4, 0.5) is 24.5 Å². The van der Waals surface area contributed by atoms with E-state index >= 15 is 0 Å². The van der Waals surface area contributed by atoms with E-state index in [9.17, 15) is 13.2 Å². The Bertz CT molecular complexity index is 498. The number of nitrogens with two attached hydrogens (primary N) is 1. The number of fused-ring (bicyclic) bond motifs is 1. The van der Waals surface area contributed by atoms with Crippen LogP contribution < -0.4 is 10.6 Å². The van der Waals surface area contributed by atoms with Crippen LogP contribution in [0.3, 0.4) is 0 Å². The van der Waals surface area contributed by atoms with Gasteiger partial charge in [0.1, 0.15) is 0 Å². The predicted octanol–water partition coefficient (Wildman–Crippen LogP) is 4.06. The van der Waals surface area contributed by atoms with E-state index in [-0.39, 0.29) is 11.7 Å². The first kappa shape index (κ1) is 13.6. The van der Waals surface area contributed by atoms with Crippen molar-refractivity contribution in [2.24, 2.45) is 5.92 Å². The molecule has 20 heavy (non-hydrogen) atoms. The molecule has 2 nitrogen and oxygen atoms in total. The summed E-state index contributed by atoms with van der Waals surface area (Å²) in [7, 11) is 0. The van der Waals surface area contributed by atoms with Gasteiger partial charge in [0, 0.05) is 24.0 Å². The second-order valence-electron chi connectivity index (χ2n) is 5.87. The van der Waals surface area contributed by atoms with Crippen LogP contribution in [-0.4, -0.2) is 12.6 Å². The van der Waals surface area contributed by atoms with E-state index in [1.165, 1.54) is 12.5 Å². The van der Waals surface area contributed by atoms with Gasteiger partial charge < -0.3 is 10.6 Å². The summed E-state index contributed by atoms with van der Waals surface area (Å²) in [4.78, 5) is 1.96. The Morgan fingerprint density at radius 2 is 1.85 bits per heavy atom. The summed E-state index contributed by atoms with van der Waals surface area (Å²) < 4.78 is 39.7. The molecule has 5 heteroatoms. The molecule has 0 radical (unpaired) electrons. The largest absolute Gasteiger partial charge is 0.418 e. The Kier molecular flexibility index (Phi) is 3.30. The molecule has 0 spiro atoms. The lowest BCUT2D eigenvalue weighted by molar-refractivity contribution is -0.137. The van der Waals surface area contributed by atoms with Crippen LogP contribution in [0.2, 0.25) is 0 Å². The summed E-state index contributed by atoms with van der Waals surface area (Å²) in [5.41, 5.74) is 5.42. The van der Waals surface area contributed by atoms with E-state index < -0.39 is 11.7 Å². The van der Waals surface area contributed by atoms with E-state index in [1.54, 1.807) is 6.07 Å². The van der Waals surface area contributed by atoms with Crippen molar-refractivity contribution in [2.45, 2.75) is 44.3 Å². The van der Waals surface area contributed by atoms with Crippen molar-refractivity contribution in [3.05, 3.63) is 23.8 Å². The summed E-state index contributed by atoms with van der Waals surface area (Å²) in [6.07, 6.45) is 1.14. The molecular formula is C15H19F3N2. The summed E-state index contributed by atoms with van der Waals surface area (Å²) in [5, 5.41) is 0. The molecule has 0 bridgehead atoms. The van der Waals surface area contributed by atoms with Gasteiger partial charge in [-0.2, -0.15) is 13.2 Å². The number of hydrogen-bond acceptors (Lipinski definition) is 2. The monoisotopic (exact) mass is 284 g/mol. The minimum Gasteiger partial charge on any atom is -0.399 e. The highest BCUT2D eigenvalue weighted by Gasteiger charge is 2.41. The van der Waals surface area contributed by atoms with Gasteiger partial charge in [0.25, 0.3) is 0 Å². The number of hydrogen-bond donors (Lipinski definition) is 1. The molecule has 2 N–H and O–H groups in total. The number of anilines is 2. The van der Waals surface area contributed by atoms with Crippen LogP contribution in [0.5, 0.6) is 0 Å². The van der Waals surface area contributed by atoms with Crippen LogP contribution in [-0.2, 0) is 6.18 Å². The van der Waals surface area contributed by atoms with E-state index in [4.69, 9.17) is 5.73 Å². The smallest absolute Gasteiger partial charge is 0.399 e. The number of benzene rings is 1. The lowest BCUT2D eigenvalue weighted by Crippen LogP contribution is -2.35. The molecule has 2 aliphatic rings. The fourth-order valence-corrected chi connectivity index (χ4v) is 3.74. The van der Waals surface area contributed by atoms with Crippen molar-refractivity contribution in [1.82, 2.24) is 0 Å². The van der Waals surface area contributed by atoms with Gasteiger partial charge in [0.15, 0.2) is 0 Å². The predicted molar refractivity (Wildman–Crippen MR) is 73.6 cm³/mol. The molecule has 110 valence electrons. The summed E-state index contributed by atoms with van der Waals surface area (Å²) in [5.74, 6) is 0.558. The first-order chi connectivity index (χ1) is 9.47. The molecule has 1 heterocycles. The van der Waals surface area contributed by atoms with Gasteiger partial charge in [0.2, 0.25) is 0 Å². The van der Waals surface area contributed by atoms with E-state index in [2.05, 4.69) is 0 Å². The van der Waals surface area contributed by atoms with Crippen molar-refractivity contribution < 1.29 is 13.2 Å². The average Bonchev–Trinajstić information content (AvgIpc) is 2.81. The standard InChI is InChI=1S/C15H19F3N2/c16-15(17,18)12-9-11(19)5-6-14(12)20-8-7-10-3-1-2-4-13(10)20/h5-6,9-10,13H,1-4,7-8,19H2. The third kappa shape index (κ3) is 2.34. The SMILES string of the molecule is Nc1ccc(N2CCC3CCCCC32)c(C(F)(F)F)c1. The molecule has 2 atom stereocenters. The molecule has 2 fully saturated rings. The first-order valence-corrected chi connectivity index (χ1v) is 7.20. The molecule has 1 aliphatic carbocycles. The van der Waals surface area contributed by atoms with E-state index in [0.29, 0.717) is 11.6 Å². The fraction of sp³-hybridized carbons (Fsp3) is 0.600. The highest BCUT2D eigenvalue weighted by molar-refractivity contribution is 5.62. The summed E-state index contributed by atoms with van der Waals surface area (Å²) in [6.45, 7) is 0.725. The molecule has 0 aromatic heterocycles. The zero-order valence-electron chi connectivity index (χ0n) is 11.3. The van der Waals surface area contributed by atoms with Crippen molar-refractivity contribution in [1.29, 1.82) is 0 Å². The number of rotatable bonds is 1. The quantitative estimate of drug-likeness (QED) is 0.788. The molecule has 1 saturated heterocycles. The second kappa shape index (κ2) is 4.86. The molecule has 1 aromatic carbocycles. The van der Waals surface area contributed by atoms with Gasteiger partial charge in [-0.25, -0.2) is 0 Å². The summed E-state index contributed by atoms with van der Waals surface area (Å²) >= 11 is 0. The zero-order valence-corrected chi connectivity index (χ0v) is 11.3. The number of nitrogen functional groups attached to an aromatic ring is 1. The Morgan fingerprint density at radius 3 is 2.60 bits per heavy atom. The summed E-state index contributed by atoms with van der Waals surface area (Å²) in [6, 6.07) is 4.44. The molecule has 3 rings (SSSR count). The minimum atomic E-state index is -4.35. The molecule has 2 unspecified atom stereocenters. The molecule has 0 amide bonds. The Balaban J connectivity index is 1.98. The van der Waals surface area contributed by atoms with Gasteiger partial charge in [0.05, 0.1) is 5.56 Å². The van der Waals surface area contributed by atoms with Crippen LogP contribution in [0.1, 0.15) is 37.7 Å². The van der Waals surface area contributed by atoms with Crippen molar-refractivity contribution >= 4 is 11.4 Å². The number of nitrogens with zero attached hydrogens (tertiary/aromatic N) is 1. The van der Waals surface area contributed by atoms with Crippen LogP contribution in [0.25, 0.3) is 0 Å². The fourth-order valence-electron chi connectivity index (χ4n) is 3.74. The maximum atomic E-state index is 13.2. The third-order valence-electron chi connectivity index (χ3n) is 4.65. The Hall–Kier alpha value is -1.39. The first-order valence-electron chi connectivity index (χ1n) is 7.20. The van der Waals surface area contributed by atoms with Gasteiger partial charge in [-0.15, -0.1) is 0 Å². The Labute approximate surface area is 116 Å². The van der Waals surface area contributed by atoms with Crippen LogP contribution in [0, 0.1) is 5.92 Å². The highest BCUT2D eigenvalue weighted by Crippen LogP contribution is 2.44. The van der Waals surface area contributed by atoms with Gasteiger partial charge in [-0.3, -0.25) is 0 Å². The van der Waals surface area contributed by atoms with Crippen molar-refractivity contribution in [3.8, 4) is 0 Å². The maximum Gasteiger partial charge on any atom is 0.418 e. The minimum absolute atomic E-state index is 0.167. The zero-order chi connectivity index (χ0) is 14.3. The van der Waals surface area contributed by atoms with Crippen molar-refractivity contribution in [3.63, 3.8) is 0 Å². The topological polar surface area (TPSA) is 29.3 Å². The van der Waals surface area contributed by atoms with E-state index in [0.717, 1.165) is 38.3 Å². The van der Waals surface area contributed by atoms with Gasteiger partial charge in [-0.05, 0) is 43.4 Å². The van der Waals surface area contributed by atoms with Gasteiger partial charge in [-0.1, -0.05) is 12.8 Å². The molecular weight excluding hydrogens is 265 g/mol. The van der Waals surface area contributed by atoms with Crippen LogP contribution in [0.15, 0.2) is 18.2 Å².